The van der Waals surface area contributed by atoms with Crippen molar-refractivity contribution in [3.8, 4) is 5.75 Å². The summed E-state index contributed by atoms with van der Waals surface area (Å²) in [6.45, 7) is 7.62. The van der Waals surface area contributed by atoms with Gasteiger partial charge in [-0.2, -0.15) is 0 Å². The summed E-state index contributed by atoms with van der Waals surface area (Å²) in [5.74, 6) is 0.836. The maximum absolute atomic E-state index is 11.8. The van der Waals surface area contributed by atoms with Gasteiger partial charge in [-0.05, 0) is 44.5 Å². The molecule has 1 spiro atoms. The van der Waals surface area contributed by atoms with E-state index in [0.29, 0.717) is 19.6 Å². The van der Waals surface area contributed by atoms with Gasteiger partial charge in [0.25, 0.3) is 0 Å². The standard InChI is InChI=1S/C21H29NO4S/c1-3-4-13-25-20(24)7-10-22-11-8-21(9-12-22)15-26-19-14-17(27-16(2)23)5-6-18(19)21/h5-6,14H,3-4,7-13,15H2,1-2H3. The van der Waals surface area contributed by atoms with Gasteiger partial charge >= 0.3 is 5.97 Å². The largest absolute Gasteiger partial charge is 0.492 e. The first-order valence-electron chi connectivity index (χ1n) is 9.86. The van der Waals surface area contributed by atoms with E-state index in [1.807, 2.05) is 12.1 Å². The summed E-state index contributed by atoms with van der Waals surface area (Å²) in [5, 5.41) is 0.0872. The molecule has 0 bridgehead atoms. The van der Waals surface area contributed by atoms with Crippen LogP contribution in [0.2, 0.25) is 0 Å². The van der Waals surface area contributed by atoms with Gasteiger partial charge in [0.05, 0.1) is 19.6 Å². The fraction of sp³-hybridized carbons (Fsp3) is 0.619. The number of thioether (sulfide) groups is 1. The molecule has 0 unspecified atom stereocenters. The van der Waals surface area contributed by atoms with Gasteiger partial charge in [-0.3, -0.25) is 9.59 Å². The quantitative estimate of drug-likeness (QED) is 0.400. The zero-order chi connectivity index (χ0) is 19.3. The molecule has 1 saturated heterocycles. The van der Waals surface area contributed by atoms with Crippen molar-refractivity contribution in [3.63, 3.8) is 0 Å². The van der Waals surface area contributed by atoms with Gasteiger partial charge in [0.2, 0.25) is 0 Å². The number of hydrogen-bond donors (Lipinski definition) is 0. The maximum atomic E-state index is 11.8. The normalized spacial score (nSPS) is 18.1. The Kier molecular flexibility index (Phi) is 6.82. The molecule has 0 N–H and O–H groups in total. The Bertz CT molecular complexity index is 683. The van der Waals surface area contributed by atoms with Gasteiger partial charge in [-0.15, -0.1) is 0 Å². The van der Waals surface area contributed by atoms with E-state index in [-0.39, 0.29) is 16.5 Å². The second-order valence-corrected chi connectivity index (χ2v) is 8.74. The Morgan fingerprint density at radius 1 is 1.30 bits per heavy atom. The lowest BCUT2D eigenvalue weighted by Gasteiger charge is -2.38. The Hall–Kier alpha value is -1.53. The molecule has 148 valence electrons. The van der Waals surface area contributed by atoms with Crippen LogP contribution in [0.15, 0.2) is 23.1 Å². The number of carbonyl (C=O) groups excluding carboxylic acids is 2. The minimum atomic E-state index is -0.0891. The Morgan fingerprint density at radius 2 is 2.07 bits per heavy atom. The molecule has 2 aliphatic rings. The average molecular weight is 392 g/mol. The second kappa shape index (κ2) is 9.11. The first-order chi connectivity index (χ1) is 13.0. The van der Waals surface area contributed by atoms with Crippen molar-refractivity contribution in [3.05, 3.63) is 23.8 Å². The lowest BCUT2D eigenvalue weighted by atomic mass is 9.74. The third-order valence-corrected chi connectivity index (χ3v) is 6.27. The molecule has 0 saturated carbocycles. The van der Waals surface area contributed by atoms with E-state index in [9.17, 15) is 9.59 Å². The highest BCUT2D eigenvalue weighted by molar-refractivity contribution is 8.13. The zero-order valence-corrected chi connectivity index (χ0v) is 17.1. The van der Waals surface area contributed by atoms with Crippen LogP contribution in [0.1, 0.15) is 51.5 Å². The van der Waals surface area contributed by atoms with E-state index in [4.69, 9.17) is 9.47 Å². The van der Waals surface area contributed by atoms with E-state index in [1.165, 1.54) is 17.3 Å². The number of hydrogen-bond acceptors (Lipinski definition) is 6. The highest BCUT2D eigenvalue weighted by atomic mass is 32.2. The molecule has 0 aromatic heterocycles. The minimum Gasteiger partial charge on any atom is -0.492 e. The fourth-order valence-corrected chi connectivity index (χ4v) is 4.49. The molecule has 27 heavy (non-hydrogen) atoms. The van der Waals surface area contributed by atoms with Crippen molar-refractivity contribution in [1.82, 2.24) is 4.90 Å². The minimum absolute atomic E-state index is 0.0763. The number of carbonyl (C=O) groups is 2. The molecule has 0 aliphatic carbocycles. The third-order valence-electron chi connectivity index (χ3n) is 5.50. The monoisotopic (exact) mass is 391 g/mol. The molecule has 3 rings (SSSR count). The SMILES string of the molecule is CCCCOC(=O)CCN1CCC2(CC1)COc1cc(SC(C)=O)ccc12. The van der Waals surface area contributed by atoms with Gasteiger partial charge in [-0.25, -0.2) is 0 Å². The predicted octanol–water partition coefficient (Wildman–Crippen LogP) is 3.78. The number of nitrogens with zero attached hydrogens (tertiary/aromatic N) is 1. The highest BCUT2D eigenvalue weighted by Gasteiger charge is 2.43. The summed E-state index contributed by atoms with van der Waals surface area (Å²) in [7, 11) is 0. The summed E-state index contributed by atoms with van der Waals surface area (Å²) in [6.07, 6.45) is 4.51. The van der Waals surface area contributed by atoms with Gasteiger partial charge in [0.1, 0.15) is 5.75 Å². The predicted molar refractivity (Wildman–Crippen MR) is 106 cm³/mol. The van der Waals surface area contributed by atoms with Gasteiger partial charge < -0.3 is 14.4 Å². The van der Waals surface area contributed by atoms with Crippen LogP contribution in [0.4, 0.5) is 0 Å². The van der Waals surface area contributed by atoms with Gasteiger partial charge in [-0.1, -0.05) is 31.2 Å². The molecular formula is C21H29NO4S. The summed E-state index contributed by atoms with van der Waals surface area (Å²) >= 11 is 1.25. The van der Waals surface area contributed by atoms with E-state index in [1.54, 1.807) is 6.92 Å². The molecule has 1 fully saturated rings. The summed E-state index contributed by atoms with van der Waals surface area (Å²) in [5.41, 5.74) is 1.35. The summed E-state index contributed by atoms with van der Waals surface area (Å²) in [4.78, 5) is 26.4. The molecule has 6 heteroatoms. The van der Waals surface area contributed by atoms with E-state index in [0.717, 1.165) is 56.0 Å². The van der Waals surface area contributed by atoms with Crippen molar-refractivity contribution in [2.45, 2.75) is 56.3 Å². The molecule has 0 radical (unpaired) electrons. The second-order valence-electron chi connectivity index (χ2n) is 7.49. The van der Waals surface area contributed by atoms with E-state index >= 15 is 0 Å². The smallest absolute Gasteiger partial charge is 0.307 e. The Balaban J connectivity index is 1.51. The van der Waals surface area contributed by atoms with Crippen molar-refractivity contribution >= 4 is 22.8 Å². The molecule has 0 atom stereocenters. The van der Waals surface area contributed by atoms with Crippen LogP contribution in [0.25, 0.3) is 0 Å². The number of rotatable bonds is 7. The molecule has 2 aliphatic heterocycles. The molecular weight excluding hydrogens is 362 g/mol. The van der Waals surface area contributed by atoms with Crippen LogP contribution in [0.3, 0.4) is 0 Å². The maximum Gasteiger partial charge on any atom is 0.307 e. The van der Waals surface area contributed by atoms with Crippen LogP contribution in [-0.2, 0) is 19.7 Å². The van der Waals surface area contributed by atoms with Gasteiger partial charge in [0, 0.05) is 29.3 Å². The lowest BCUT2D eigenvalue weighted by Crippen LogP contribution is -2.44. The van der Waals surface area contributed by atoms with Gasteiger partial charge in [0.15, 0.2) is 5.12 Å². The summed E-state index contributed by atoms with van der Waals surface area (Å²) in [6, 6.07) is 6.16. The Labute approximate surface area is 165 Å². The van der Waals surface area contributed by atoms with Crippen LogP contribution in [0.5, 0.6) is 5.75 Å². The van der Waals surface area contributed by atoms with E-state index < -0.39 is 0 Å². The fourth-order valence-electron chi connectivity index (χ4n) is 3.85. The number of benzene rings is 1. The van der Waals surface area contributed by atoms with Crippen molar-refractivity contribution in [1.29, 1.82) is 0 Å². The van der Waals surface area contributed by atoms with Crippen molar-refractivity contribution < 1.29 is 19.1 Å². The number of likely N-dealkylation sites (tertiary alicyclic amines) is 1. The van der Waals surface area contributed by atoms with Crippen LogP contribution >= 0.6 is 11.8 Å². The topological polar surface area (TPSA) is 55.8 Å². The number of unbranched alkanes of at least 4 members (excludes halogenated alkanes) is 1. The average Bonchev–Trinajstić information content (AvgIpc) is 2.99. The number of ether oxygens (including phenoxy) is 2. The Morgan fingerprint density at radius 3 is 2.78 bits per heavy atom. The molecule has 5 nitrogen and oxygen atoms in total. The lowest BCUT2D eigenvalue weighted by molar-refractivity contribution is -0.144. The third kappa shape index (κ3) is 5.05. The van der Waals surface area contributed by atoms with E-state index in [2.05, 4.69) is 17.9 Å². The number of fused-ring (bicyclic) bond motifs is 2. The number of piperidine rings is 1. The molecule has 1 aromatic carbocycles. The van der Waals surface area contributed by atoms with Crippen molar-refractivity contribution in [2.75, 3.05) is 32.8 Å². The highest BCUT2D eigenvalue weighted by Crippen LogP contribution is 2.46. The zero-order valence-electron chi connectivity index (χ0n) is 16.3. The first-order valence-corrected chi connectivity index (χ1v) is 10.7. The molecule has 0 amide bonds. The molecule has 1 aromatic rings. The molecule has 2 heterocycles. The number of esters is 1. The summed E-state index contributed by atoms with van der Waals surface area (Å²) < 4.78 is 11.2. The first kappa shape index (κ1) is 20.2. The van der Waals surface area contributed by atoms with Crippen molar-refractivity contribution in [2.24, 2.45) is 0 Å². The van der Waals surface area contributed by atoms with Crippen LogP contribution in [0, 0.1) is 0 Å². The van der Waals surface area contributed by atoms with Crippen LogP contribution < -0.4 is 4.74 Å². The van der Waals surface area contributed by atoms with Crippen LogP contribution in [-0.4, -0.2) is 48.8 Å².